The average Bonchev–Trinajstić information content (AvgIpc) is 2.67. The largest absolute Gasteiger partial charge is 0.376 e. The third-order valence-corrected chi connectivity index (χ3v) is 5.60. The Morgan fingerprint density at radius 3 is 1.68 bits per heavy atom. The van der Waals surface area contributed by atoms with Crippen LogP contribution in [0.25, 0.3) is 22.3 Å². The van der Waals surface area contributed by atoms with E-state index in [1.807, 2.05) is 46.4 Å². The summed E-state index contributed by atoms with van der Waals surface area (Å²) >= 11 is 0. The fraction of sp³-hybridized carbons (Fsp3) is 0.182. The van der Waals surface area contributed by atoms with Gasteiger partial charge in [-0.15, -0.1) is 0 Å². The van der Waals surface area contributed by atoms with Crippen LogP contribution in [0.1, 0.15) is 0 Å². The Morgan fingerprint density at radius 1 is 0.679 bits per heavy atom. The lowest BCUT2D eigenvalue weighted by Crippen LogP contribution is -2.16. The van der Waals surface area contributed by atoms with Crippen molar-refractivity contribution in [3.05, 3.63) is 66.7 Å². The van der Waals surface area contributed by atoms with Crippen molar-refractivity contribution >= 4 is 21.4 Å². The smallest absolute Gasteiger partial charge is 0.238 e. The molecule has 6 heteroatoms. The molecule has 0 bridgehead atoms. The lowest BCUT2D eigenvalue weighted by molar-refractivity contribution is 0.598. The monoisotopic (exact) mass is 395 g/mol. The first kappa shape index (κ1) is 19.9. The Bertz CT molecular complexity index is 1090. The highest BCUT2D eigenvalue weighted by Gasteiger charge is 2.13. The van der Waals surface area contributed by atoms with Gasteiger partial charge >= 0.3 is 0 Å². The number of nitrogens with two attached hydrogens (primary N) is 1. The molecule has 0 aliphatic heterocycles. The van der Waals surface area contributed by atoms with E-state index in [2.05, 4.69) is 34.1 Å². The topological polar surface area (TPSA) is 66.6 Å². The standard InChI is InChI=1S/C22H25N3O2S/c1-24(2)21-14-11-17(15-22(21)25(3)4)20-8-6-5-7-19(20)16-9-12-18(13-10-16)28(23,26)27/h5-15H,1-4H3,(H2,23,26,27). The lowest BCUT2D eigenvalue weighted by atomic mass is 9.94. The highest BCUT2D eigenvalue weighted by molar-refractivity contribution is 7.89. The molecule has 0 aliphatic rings. The molecule has 0 spiro atoms. The molecule has 0 amide bonds. The molecule has 3 aromatic carbocycles. The van der Waals surface area contributed by atoms with E-state index in [-0.39, 0.29) is 4.90 Å². The predicted molar refractivity (Wildman–Crippen MR) is 117 cm³/mol. The molecule has 0 aromatic heterocycles. The van der Waals surface area contributed by atoms with Crippen LogP contribution in [-0.4, -0.2) is 36.6 Å². The zero-order valence-electron chi connectivity index (χ0n) is 16.5. The Balaban J connectivity index is 2.12. The quantitative estimate of drug-likeness (QED) is 0.714. The highest BCUT2D eigenvalue weighted by Crippen LogP contribution is 2.37. The number of benzene rings is 3. The summed E-state index contributed by atoms with van der Waals surface area (Å²) in [6.45, 7) is 0. The van der Waals surface area contributed by atoms with Gasteiger partial charge in [0.15, 0.2) is 0 Å². The van der Waals surface area contributed by atoms with E-state index in [1.165, 1.54) is 0 Å². The molecule has 3 rings (SSSR count). The van der Waals surface area contributed by atoms with Crippen LogP contribution < -0.4 is 14.9 Å². The van der Waals surface area contributed by atoms with Crippen molar-refractivity contribution < 1.29 is 8.42 Å². The number of primary sulfonamides is 1. The molecular weight excluding hydrogens is 370 g/mol. The van der Waals surface area contributed by atoms with Crippen LogP contribution in [0, 0.1) is 0 Å². The minimum absolute atomic E-state index is 0.110. The molecule has 0 saturated carbocycles. The molecule has 0 unspecified atom stereocenters. The van der Waals surface area contributed by atoms with E-state index in [0.717, 1.165) is 33.6 Å². The summed E-state index contributed by atoms with van der Waals surface area (Å²) in [6, 6.07) is 21.2. The molecule has 3 aromatic rings. The molecule has 0 radical (unpaired) electrons. The van der Waals surface area contributed by atoms with Crippen LogP contribution in [0.5, 0.6) is 0 Å². The molecule has 0 atom stereocenters. The Labute approximate surface area is 167 Å². The van der Waals surface area contributed by atoms with Crippen LogP contribution in [-0.2, 0) is 10.0 Å². The summed E-state index contributed by atoms with van der Waals surface area (Å²) in [4.78, 5) is 4.30. The minimum Gasteiger partial charge on any atom is -0.376 e. The number of sulfonamides is 1. The summed E-state index contributed by atoms with van der Waals surface area (Å²) in [5, 5.41) is 5.21. The molecule has 5 nitrogen and oxygen atoms in total. The molecule has 0 heterocycles. The molecule has 0 saturated heterocycles. The Morgan fingerprint density at radius 2 is 1.18 bits per heavy atom. The van der Waals surface area contributed by atoms with Gasteiger partial charge < -0.3 is 9.80 Å². The molecule has 146 valence electrons. The number of nitrogens with zero attached hydrogens (tertiary/aromatic N) is 2. The molecular formula is C22H25N3O2S. The van der Waals surface area contributed by atoms with Crippen molar-refractivity contribution in [2.24, 2.45) is 5.14 Å². The summed E-state index contributed by atoms with van der Waals surface area (Å²) < 4.78 is 23.1. The van der Waals surface area contributed by atoms with Gasteiger partial charge in [0.25, 0.3) is 0 Å². The number of hydrogen-bond donors (Lipinski definition) is 1. The first-order valence-corrected chi connectivity index (χ1v) is 10.4. The van der Waals surface area contributed by atoms with Crippen LogP contribution in [0.15, 0.2) is 71.6 Å². The fourth-order valence-corrected chi connectivity index (χ4v) is 3.75. The van der Waals surface area contributed by atoms with Crippen molar-refractivity contribution in [3.8, 4) is 22.3 Å². The normalized spacial score (nSPS) is 11.3. The highest BCUT2D eigenvalue weighted by atomic mass is 32.2. The van der Waals surface area contributed by atoms with E-state index < -0.39 is 10.0 Å². The first-order valence-electron chi connectivity index (χ1n) is 8.90. The summed E-state index contributed by atoms with van der Waals surface area (Å²) in [7, 11) is 4.42. The van der Waals surface area contributed by atoms with E-state index >= 15 is 0 Å². The zero-order chi connectivity index (χ0) is 20.5. The minimum atomic E-state index is -3.70. The third-order valence-electron chi connectivity index (χ3n) is 4.67. The maximum Gasteiger partial charge on any atom is 0.238 e. The van der Waals surface area contributed by atoms with Gasteiger partial charge in [-0.05, 0) is 46.5 Å². The van der Waals surface area contributed by atoms with Gasteiger partial charge in [-0.2, -0.15) is 0 Å². The molecule has 2 N–H and O–H groups in total. The van der Waals surface area contributed by atoms with E-state index in [1.54, 1.807) is 24.3 Å². The second-order valence-electron chi connectivity index (χ2n) is 7.11. The fourth-order valence-electron chi connectivity index (χ4n) is 3.24. The van der Waals surface area contributed by atoms with Crippen LogP contribution in [0.4, 0.5) is 11.4 Å². The number of hydrogen-bond acceptors (Lipinski definition) is 4. The van der Waals surface area contributed by atoms with Crippen LogP contribution >= 0.6 is 0 Å². The number of anilines is 2. The molecule has 28 heavy (non-hydrogen) atoms. The van der Waals surface area contributed by atoms with Crippen molar-refractivity contribution in [2.45, 2.75) is 4.90 Å². The maximum absolute atomic E-state index is 11.5. The summed E-state index contributed by atoms with van der Waals surface area (Å²) in [5.74, 6) is 0. The van der Waals surface area contributed by atoms with Crippen molar-refractivity contribution in [2.75, 3.05) is 38.0 Å². The van der Waals surface area contributed by atoms with Crippen molar-refractivity contribution in [1.82, 2.24) is 0 Å². The lowest BCUT2D eigenvalue weighted by Gasteiger charge is -2.24. The zero-order valence-corrected chi connectivity index (χ0v) is 17.4. The van der Waals surface area contributed by atoms with Gasteiger partial charge in [0.1, 0.15) is 0 Å². The van der Waals surface area contributed by atoms with Crippen LogP contribution in [0.3, 0.4) is 0 Å². The number of rotatable bonds is 5. The summed E-state index contributed by atoms with van der Waals surface area (Å²) in [5.41, 5.74) is 6.42. The molecule has 0 aliphatic carbocycles. The Hall–Kier alpha value is -2.83. The van der Waals surface area contributed by atoms with Gasteiger partial charge in [-0.3, -0.25) is 0 Å². The average molecular weight is 396 g/mol. The first-order chi connectivity index (χ1) is 13.2. The Kier molecular flexibility index (Phi) is 5.45. The summed E-state index contributed by atoms with van der Waals surface area (Å²) in [6.07, 6.45) is 0. The van der Waals surface area contributed by atoms with Crippen molar-refractivity contribution in [3.63, 3.8) is 0 Å². The van der Waals surface area contributed by atoms with Gasteiger partial charge in [-0.25, -0.2) is 13.6 Å². The van der Waals surface area contributed by atoms with Gasteiger partial charge in [0, 0.05) is 28.2 Å². The van der Waals surface area contributed by atoms with Gasteiger partial charge in [0.05, 0.1) is 16.3 Å². The van der Waals surface area contributed by atoms with E-state index in [0.29, 0.717) is 0 Å². The van der Waals surface area contributed by atoms with Crippen molar-refractivity contribution in [1.29, 1.82) is 0 Å². The van der Waals surface area contributed by atoms with E-state index in [4.69, 9.17) is 5.14 Å². The third kappa shape index (κ3) is 4.03. The van der Waals surface area contributed by atoms with Crippen LogP contribution in [0.2, 0.25) is 0 Å². The van der Waals surface area contributed by atoms with Gasteiger partial charge in [-0.1, -0.05) is 42.5 Å². The second-order valence-corrected chi connectivity index (χ2v) is 8.67. The second kappa shape index (κ2) is 7.66. The predicted octanol–water partition coefficient (Wildman–Crippen LogP) is 3.80. The SMILES string of the molecule is CN(C)c1ccc(-c2ccccc2-c2ccc(S(N)(=O)=O)cc2)cc1N(C)C. The molecule has 0 fully saturated rings. The van der Waals surface area contributed by atoms with E-state index in [9.17, 15) is 8.42 Å². The van der Waals surface area contributed by atoms with Gasteiger partial charge in [0.2, 0.25) is 10.0 Å². The maximum atomic E-state index is 11.5.